The molecule has 38 heavy (non-hydrogen) atoms. The highest BCUT2D eigenvalue weighted by atomic mass is 19.1. The van der Waals surface area contributed by atoms with Gasteiger partial charge >= 0.3 is 0 Å². The third-order valence-electron chi connectivity index (χ3n) is 8.74. The van der Waals surface area contributed by atoms with Crippen molar-refractivity contribution >= 4 is 0 Å². The average molecular weight is 539 g/mol. The monoisotopic (exact) mass is 539 g/mol. The molecule has 0 atom stereocenters. The van der Waals surface area contributed by atoms with Crippen molar-refractivity contribution in [3.63, 3.8) is 0 Å². The van der Waals surface area contributed by atoms with Crippen molar-refractivity contribution in [2.75, 3.05) is 6.67 Å². The van der Waals surface area contributed by atoms with Crippen molar-refractivity contribution in [1.29, 1.82) is 0 Å². The van der Waals surface area contributed by atoms with Crippen LogP contribution in [0.15, 0.2) is 0 Å². The molecule has 0 aromatic carbocycles. The summed E-state index contributed by atoms with van der Waals surface area (Å²) >= 11 is 0. The summed E-state index contributed by atoms with van der Waals surface area (Å²) in [7, 11) is 0. The molecule has 1 heteroatoms. The minimum atomic E-state index is -0.125. The van der Waals surface area contributed by atoms with Gasteiger partial charge in [-0.05, 0) is 6.42 Å². The van der Waals surface area contributed by atoms with Gasteiger partial charge in [-0.15, -0.1) is 0 Å². The van der Waals surface area contributed by atoms with Crippen LogP contribution in [0.25, 0.3) is 0 Å². The van der Waals surface area contributed by atoms with E-state index >= 15 is 0 Å². The van der Waals surface area contributed by atoms with Crippen LogP contribution in [0, 0.1) is 0 Å². The summed E-state index contributed by atoms with van der Waals surface area (Å²) in [5.41, 5.74) is 0. The molecule has 0 nitrogen and oxygen atoms in total. The predicted octanol–water partition coefficient (Wildman–Crippen LogP) is 14.6. The van der Waals surface area contributed by atoms with Crippen LogP contribution in [0.4, 0.5) is 4.39 Å². The van der Waals surface area contributed by atoms with Gasteiger partial charge in [0, 0.05) is 0 Å². The third kappa shape index (κ3) is 35.9. The van der Waals surface area contributed by atoms with Crippen molar-refractivity contribution in [1.82, 2.24) is 0 Å². The Morgan fingerprint density at radius 1 is 0.211 bits per heavy atom. The van der Waals surface area contributed by atoms with Crippen molar-refractivity contribution in [3.05, 3.63) is 0 Å². The second kappa shape index (κ2) is 36.9. The molecule has 0 bridgehead atoms. The van der Waals surface area contributed by atoms with Gasteiger partial charge < -0.3 is 0 Å². The first kappa shape index (κ1) is 37.9. The van der Waals surface area contributed by atoms with Crippen LogP contribution in [0.2, 0.25) is 0 Å². The van der Waals surface area contributed by atoms with E-state index in [1.807, 2.05) is 0 Å². The van der Waals surface area contributed by atoms with E-state index in [1.165, 1.54) is 212 Å². The Labute approximate surface area is 242 Å². The van der Waals surface area contributed by atoms with Crippen LogP contribution in [0.1, 0.15) is 232 Å². The van der Waals surface area contributed by atoms with Gasteiger partial charge in [0.2, 0.25) is 0 Å². The highest BCUT2D eigenvalue weighted by molar-refractivity contribution is 4.53. The van der Waals surface area contributed by atoms with Gasteiger partial charge in [-0.3, -0.25) is 4.39 Å². The molecular formula is C37H75F. The summed E-state index contributed by atoms with van der Waals surface area (Å²) in [5, 5.41) is 0. The Hall–Kier alpha value is -0.0700. The summed E-state index contributed by atoms with van der Waals surface area (Å²) < 4.78 is 12.0. The van der Waals surface area contributed by atoms with E-state index < -0.39 is 0 Å². The van der Waals surface area contributed by atoms with E-state index in [0.29, 0.717) is 0 Å². The predicted molar refractivity (Wildman–Crippen MR) is 173 cm³/mol. The Balaban J connectivity index is 3.01. The number of unbranched alkanes of at least 4 members (excludes halogenated alkanes) is 34. The normalized spacial score (nSPS) is 11.5. The molecule has 230 valence electrons. The van der Waals surface area contributed by atoms with Crippen LogP contribution in [-0.2, 0) is 0 Å². The van der Waals surface area contributed by atoms with Gasteiger partial charge in [-0.1, -0.05) is 225 Å². The molecule has 0 fully saturated rings. The van der Waals surface area contributed by atoms with Crippen molar-refractivity contribution < 1.29 is 4.39 Å². The first-order chi connectivity index (χ1) is 18.9. The molecule has 0 aromatic heterocycles. The maximum Gasteiger partial charge on any atom is 0.0894 e. The molecule has 0 unspecified atom stereocenters. The molecule has 0 aromatic rings. The Bertz CT molecular complexity index is 343. The lowest BCUT2D eigenvalue weighted by Gasteiger charge is -2.05. The van der Waals surface area contributed by atoms with Gasteiger partial charge in [-0.25, -0.2) is 0 Å². The molecule has 0 aliphatic heterocycles. The lowest BCUT2D eigenvalue weighted by atomic mass is 10.0. The van der Waals surface area contributed by atoms with E-state index in [2.05, 4.69) is 6.92 Å². The molecule has 0 saturated heterocycles. The molecule has 0 rings (SSSR count). The molecule has 0 heterocycles. The van der Waals surface area contributed by atoms with E-state index in [1.54, 1.807) is 0 Å². The third-order valence-corrected chi connectivity index (χ3v) is 8.74. The second-order valence-electron chi connectivity index (χ2n) is 12.7. The lowest BCUT2D eigenvalue weighted by Crippen LogP contribution is -1.85. The highest BCUT2D eigenvalue weighted by Crippen LogP contribution is 2.17. The lowest BCUT2D eigenvalue weighted by molar-refractivity contribution is 0.448. The molecule has 0 spiro atoms. The number of hydrogen-bond donors (Lipinski definition) is 0. The zero-order valence-corrected chi connectivity index (χ0v) is 26.8. The summed E-state index contributed by atoms with van der Waals surface area (Å²) in [5.74, 6) is 0. The van der Waals surface area contributed by atoms with Gasteiger partial charge in [-0.2, -0.15) is 0 Å². The first-order valence-electron chi connectivity index (χ1n) is 18.5. The number of alkyl halides is 1. The topological polar surface area (TPSA) is 0 Å². The van der Waals surface area contributed by atoms with Gasteiger partial charge in [0.15, 0.2) is 0 Å². The molecule has 0 aliphatic carbocycles. The van der Waals surface area contributed by atoms with Crippen molar-refractivity contribution in [3.8, 4) is 0 Å². The number of hydrogen-bond acceptors (Lipinski definition) is 0. The zero-order valence-electron chi connectivity index (χ0n) is 26.8. The van der Waals surface area contributed by atoms with Crippen molar-refractivity contribution in [2.45, 2.75) is 232 Å². The van der Waals surface area contributed by atoms with E-state index in [9.17, 15) is 4.39 Å². The molecule has 0 amide bonds. The molecule has 0 radical (unpaired) electrons. The molecule has 0 N–H and O–H groups in total. The van der Waals surface area contributed by atoms with Gasteiger partial charge in [0.1, 0.15) is 0 Å². The van der Waals surface area contributed by atoms with E-state index in [0.717, 1.165) is 12.8 Å². The number of halogens is 1. The maximum absolute atomic E-state index is 12.0. The van der Waals surface area contributed by atoms with Gasteiger partial charge in [0.05, 0.1) is 6.67 Å². The Morgan fingerprint density at radius 2 is 0.342 bits per heavy atom. The Morgan fingerprint density at radius 3 is 0.474 bits per heavy atom. The quantitative estimate of drug-likeness (QED) is 0.0704. The fraction of sp³-hybridized carbons (Fsp3) is 1.00. The molecule has 0 saturated carbocycles. The maximum atomic E-state index is 12.0. The van der Waals surface area contributed by atoms with Crippen LogP contribution in [0.3, 0.4) is 0 Å². The Kier molecular flexibility index (Phi) is 36.9. The van der Waals surface area contributed by atoms with E-state index in [-0.39, 0.29) is 6.67 Å². The second-order valence-corrected chi connectivity index (χ2v) is 12.7. The fourth-order valence-corrected chi connectivity index (χ4v) is 6.00. The fourth-order valence-electron chi connectivity index (χ4n) is 6.00. The van der Waals surface area contributed by atoms with Crippen LogP contribution >= 0.6 is 0 Å². The minimum absolute atomic E-state index is 0.125. The van der Waals surface area contributed by atoms with E-state index in [4.69, 9.17) is 0 Å². The summed E-state index contributed by atoms with van der Waals surface area (Å²) in [4.78, 5) is 0. The summed E-state index contributed by atoms with van der Waals surface area (Å²) in [6, 6.07) is 0. The van der Waals surface area contributed by atoms with Crippen molar-refractivity contribution in [2.24, 2.45) is 0 Å². The highest BCUT2D eigenvalue weighted by Gasteiger charge is 1.97. The largest absolute Gasteiger partial charge is 0.251 e. The molecular weight excluding hydrogens is 463 g/mol. The first-order valence-corrected chi connectivity index (χ1v) is 18.5. The smallest absolute Gasteiger partial charge is 0.0894 e. The molecule has 0 aliphatic rings. The van der Waals surface area contributed by atoms with Crippen LogP contribution in [-0.4, -0.2) is 6.67 Å². The zero-order chi connectivity index (χ0) is 27.5. The average Bonchev–Trinajstić information content (AvgIpc) is 2.93. The SMILES string of the molecule is CCCCCCCCCCCCCCCCCCCCCCCCCCCCCCCCCCCCCF. The standard InChI is InChI=1S/C37H75F/c1-2-3-4-5-6-7-8-9-10-11-12-13-14-15-16-17-18-19-20-21-22-23-24-25-26-27-28-29-30-31-32-33-34-35-36-37-38/h2-37H2,1H3. The van der Waals surface area contributed by atoms with Crippen LogP contribution in [0.5, 0.6) is 0 Å². The summed E-state index contributed by atoms with van der Waals surface area (Å²) in [6.45, 7) is 2.18. The number of rotatable bonds is 35. The van der Waals surface area contributed by atoms with Gasteiger partial charge in [0.25, 0.3) is 0 Å². The summed E-state index contributed by atoms with van der Waals surface area (Å²) in [6.07, 6.45) is 49.8. The van der Waals surface area contributed by atoms with Crippen LogP contribution < -0.4 is 0 Å². The minimum Gasteiger partial charge on any atom is -0.251 e.